The highest BCUT2D eigenvalue weighted by atomic mass is 35.5. The van der Waals surface area contributed by atoms with Gasteiger partial charge in [0.2, 0.25) is 0 Å². The molecule has 1 aliphatic rings. The molecule has 1 atom stereocenters. The van der Waals surface area contributed by atoms with Crippen LogP contribution in [0.5, 0.6) is 0 Å². The summed E-state index contributed by atoms with van der Waals surface area (Å²) in [7, 11) is 2.20. The Morgan fingerprint density at radius 2 is 1.81 bits per heavy atom. The van der Waals surface area contributed by atoms with E-state index in [0.717, 1.165) is 37.7 Å². The predicted octanol–water partition coefficient (Wildman–Crippen LogP) is 3.02. The molecule has 0 radical (unpaired) electrons. The van der Waals surface area contributed by atoms with Gasteiger partial charge in [-0.05, 0) is 39.4 Å². The van der Waals surface area contributed by atoms with Crippen LogP contribution in [-0.2, 0) is 0 Å². The first-order chi connectivity index (χ1) is 9.90. The third kappa shape index (κ3) is 4.43. The molecule has 1 heterocycles. The molecule has 21 heavy (non-hydrogen) atoms. The molecule has 2 rings (SSSR count). The number of nitrogens with one attached hydrogen (secondary N) is 1. The first-order valence-corrected chi connectivity index (χ1v) is 8.19. The predicted molar refractivity (Wildman–Crippen MR) is 91.0 cm³/mol. The van der Waals surface area contributed by atoms with Gasteiger partial charge >= 0.3 is 0 Å². The Morgan fingerprint density at radius 3 is 2.43 bits per heavy atom. The average Bonchev–Trinajstić information content (AvgIpc) is 2.46. The molecule has 0 saturated carbocycles. The highest BCUT2D eigenvalue weighted by Gasteiger charge is 2.29. The largest absolute Gasteiger partial charge is 0.308 e. The Balaban J connectivity index is 1.90. The molecule has 1 N–H and O–H groups in total. The minimum absolute atomic E-state index is 0.163. The van der Waals surface area contributed by atoms with Crippen molar-refractivity contribution in [2.75, 3.05) is 39.8 Å². The van der Waals surface area contributed by atoms with Crippen molar-refractivity contribution in [3.8, 4) is 0 Å². The van der Waals surface area contributed by atoms with Crippen molar-refractivity contribution in [2.24, 2.45) is 0 Å². The van der Waals surface area contributed by atoms with Gasteiger partial charge in [0.1, 0.15) is 0 Å². The van der Waals surface area contributed by atoms with Gasteiger partial charge in [0.15, 0.2) is 0 Å². The van der Waals surface area contributed by atoms with Crippen LogP contribution in [-0.4, -0.2) is 55.1 Å². The van der Waals surface area contributed by atoms with Crippen molar-refractivity contribution in [1.29, 1.82) is 0 Å². The molecular formula is C17H28ClN3. The topological polar surface area (TPSA) is 18.5 Å². The first-order valence-electron chi connectivity index (χ1n) is 7.81. The molecule has 4 heteroatoms. The van der Waals surface area contributed by atoms with Crippen molar-refractivity contribution in [3.63, 3.8) is 0 Å². The van der Waals surface area contributed by atoms with E-state index in [1.54, 1.807) is 0 Å². The molecule has 0 aliphatic carbocycles. The summed E-state index contributed by atoms with van der Waals surface area (Å²) in [5.41, 5.74) is 1.34. The van der Waals surface area contributed by atoms with Crippen LogP contribution in [0.4, 0.5) is 0 Å². The summed E-state index contributed by atoms with van der Waals surface area (Å²) >= 11 is 6.28. The maximum absolute atomic E-state index is 6.28. The smallest absolute Gasteiger partial charge is 0.0453 e. The quantitative estimate of drug-likeness (QED) is 0.902. The fourth-order valence-corrected chi connectivity index (χ4v) is 3.16. The standard InChI is InChI=1S/C17H28ClN3/c1-14(15-7-5-6-8-16(15)18)19-13-17(2,3)21-11-9-20(4)10-12-21/h5-8,14,19H,9-13H2,1-4H3. The highest BCUT2D eigenvalue weighted by molar-refractivity contribution is 6.31. The number of hydrogen-bond acceptors (Lipinski definition) is 3. The number of piperazine rings is 1. The van der Waals surface area contributed by atoms with Gasteiger partial charge in [-0.25, -0.2) is 0 Å². The summed E-state index contributed by atoms with van der Waals surface area (Å²) in [4.78, 5) is 4.98. The SMILES string of the molecule is CC(NCC(C)(C)N1CCN(C)CC1)c1ccccc1Cl. The van der Waals surface area contributed by atoms with Gasteiger partial charge in [-0.2, -0.15) is 0 Å². The Labute approximate surface area is 134 Å². The molecule has 1 saturated heterocycles. The summed E-state index contributed by atoms with van der Waals surface area (Å²) in [6, 6.07) is 8.35. The first kappa shape index (κ1) is 16.8. The van der Waals surface area contributed by atoms with Gasteiger partial charge in [0, 0.05) is 49.3 Å². The molecular weight excluding hydrogens is 282 g/mol. The molecule has 1 fully saturated rings. The second kappa shape index (κ2) is 7.10. The summed E-state index contributed by atoms with van der Waals surface area (Å²) in [5, 5.41) is 4.49. The van der Waals surface area contributed by atoms with E-state index < -0.39 is 0 Å². The molecule has 3 nitrogen and oxygen atoms in total. The average molecular weight is 310 g/mol. The molecule has 118 valence electrons. The van der Waals surface area contributed by atoms with Crippen LogP contribution < -0.4 is 5.32 Å². The summed E-state index contributed by atoms with van der Waals surface area (Å²) in [6.45, 7) is 12.4. The Bertz CT molecular complexity index is 453. The van der Waals surface area contributed by atoms with Gasteiger partial charge in [-0.15, -0.1) is 0 Å². The zero-order valence-electron chi connectivity index (χ0n) is 13.7. The van der Waals surface area contributed by atoms with Gasteiger partial charge in [-0.3, -0.25) is 4.90 Å². The van der Waals surface area contributed by atoms with Crippen LogP contribution in [0.25, 0.3) is 0 Å². The molecule has 0 amide bonds. The lowest BCUT2D eigenvalue weighted by Gasteiger charge is -2.44. The van der Waals surface area contributed by atoms with Crippen LogP contribution in [0.3, 0.4) is 0 Å². The Kier molecular flexibility index (Phi) is 5.67. The molecule has 0 aromatic heterocycles. The summed E-state index contributed by atoms with van der Waals surface area (Å²) < 4.78 is 0. The monoisotopic (exact) mass is 309 g/mol. The molecule has 1 aromatic carbocycles. The van der Waals surface area contributed by atoms with E-state index in [1.165, 1.54) is 5.56 Å². The Morgan fingerprint density at radius 1 is 1.19 bits per heavy atom. The van der Waals surface area contributed by atoms with E-state index in [2.05, 4.69) is 49.0 Å². The molecule has 1 aromatic rings. The third-order valence-corrected chi connectivity index (χ3v) is 4.92. The number of nitrogens with zero attached hydrogens (tertiary/aromatic N) is 2. The summed E-state index contributed by atoms with van der Waals surface area (Å²) in [6.07, 6.45) is 0. The number of benzene rings is 1. The second-order valence-corrected chi connectivity index (χ2v) is 7.13. The highest BCUT2D eigenvalue weighted by Crippen LogP contribution is 2.23. The fourth-order valence-electron chi connectivity index (χ4n) is 2.86. The number of likely N-dealkylation sites (N-methyl/N-ethyl adjacent to an activating group) is 1. The van der Waals surface area contributed by atoms with E-state index in [9.17, 15) is 0 Å². The molecule has 1 aliphatic heterocycles. The van der Waals surface area contributed by atoms with Crippen molar-refractivity contribution in [2.45, 2.75) is 32.4 Å². The lowest BCUT2D eigenvalue weighted by Crippen LogP contribution is -2.57. The zero-order chi connectivity index (χ0) is 15.5. The number of hydrogen-bond donors (Lipinski definition) is 1. The van der Waals surface area contributed by atoms with E-state index in [0.29, 0.717) is 0 Å². The van der Waals surface area contributed by atoms with Crippen LogP contribution >= 0.6 is 11.6 Å². The van der Waals surface area contributed by atoms with Crippen molar-refractivity contribution in [3.05, 3.63) is 34.9 Å². The van der Waals surface area contributed by atoms with E-state index in [4.69, 9.17) is 11.6 Å². The van der Waals surface area contributed by atoms with Crippen molar-refractivity contribution >= 4 is 11.6 Å². The molecule has 0 spiro atoms. The zero-order valence-corrected chi connectivity index (χ0v) is 14.5. The van der Waals surface area contributed by atoms with Crippen LogP contribution in [0, 0.1) is 0 Å². The van der Waals surface area contributed by atoms with Crippen molar-refractivity contribution < 1.29 is 0 Å². The van der Waals surface area contributed by atoms with Gasteiger partial charge in [-0.1, -0.05) is 29.8 Å². The maximum Gasteiger partial charge on any atom is 0.0453 e. The number of halogens is 1. The van der Waals surface area contributed by atoms with Crippen LogP contribution in [0.15, 0.2) is 24.3 Å². The lowest BCUT2D eigenvalue weighted by atomic mass is 10.00. The lowest BCUT2D eigenvalue weighted by molar-refractivity contribution is 0.0605. The van der Waals surface area contributed by atoms with E-state index in [-0.39, 0.29) is 11.6 Å². The fraction of sp³-hybridized carbons (Fsp3) is 0.647. The van der Waals surface area contributed by atoms with Gasteiger partial charge < -0.3 is 10.2 Å². The minimum atomic E-state index is 0.163. The normalized spacial score (nSPS) is 19.7. The van der Waals surface area contributed by atoms with Crippen molar-refractivity contribution in [1.82, 2.24) is 15.1 Å². The Hall–Kier alpha value is -0.610. The van der Waals surface area contributed by atoms with Crippen LogP contribution in [0.2, 0.25) is 5.02 Å². The summed E-state index contributed by atoms with van der Waals surface area (Å²) in [5.74, 6) is 0. The van der Waals surface area contributed by atoms with Gasteiger partial charge in [0.25, 0.3) is 0 Å². The van der Waals surface area contributed by atoms with Crippen LogP contribution in [0.1, 0.15) is 32.4 Å². The second-order valence-electron chi connectivity index (χ2n) is 6.73. The minimum Gasteiger partial charge on any atom is -0.308 e. The molecule has 1 unspecified atom stereocenters. The maximum atomic E-state index is 6.28. The number of rotatable bonds is 5. The van der Waals surface area contributed by atoms with E-state index in [1.807, 2.05) is 18.2 Å². The molecule has 0 bridgehead atoms. The van der Waals surface area contributed by atoms with Gasteiger partial charge in [0.05, 0.1) is 0 Å². The van der Waals surface area contributed by atoms with E-state index >= 15 is 0 Å². The third-order valence-electron chi connectivity index (χ3n) is 4.57.